The fourth-order valence-electron chi connectivity index (χ4n) is 3.82. The fraction of sp³-hybridized carbons (Fsp3) is 0.185. The van der Waals surface area contributed by atoms with E-state index in [1.165, 1.54) is 0 Å². The minimum absolute atomic E-state index is 0.132. The van der Waals surface area contributed by atoms with Gasteiger partial charge in [0.25, 0.3) is 0 Å². The molecular weight excluding hydrogens is 541 g/mol. The van der Waals surface area contributed by atoms with E-state index in [9.17, 15) is 9.59 Å². The SMILES string of the molecule is C[C@@H](NC(=O)[C@@H](Cc1c[nH]c2c(I)cccc12)NC(=O)OCc1ccccc1)c1ccccc1. The molecule has 4 rings (SSSR count). The van der Waals surface area contributed by atoms with Gasteiger partial charge in [0.1, 0.15) is 12.6 Å². The summed E-state index contributed by atoms with van der Waals surface area (Å²) >= 11 is 2.28. The van der Waals surface area contributed by atoms with Gasteiger partial charge in [0.05, 0.1) is 11.6 Å². The molecule has 7 heteroatoms. The maximum absolute atomic E-state index is 13.3. The summed E-state index contributed by atoms with van der Waals surface area (Å²) in [6.45, 7) is 2.05. The quantitative estimate of drug-likeness (QED) is 0.247. The van der Waals surface area contributed by atoms with Gasteiger partial charge < -0.3 is 20.4 Å². The lowest BCUT2D eigenvalue weighted by molar-refractivity contribution is -0.123. The molecule has 0 fully saturated rings. The fourth-order valence-corrected chi connectivity index (χ4v) is 4.47. The Balaban J connectivity index is 1.50. The summed E-state index contributed by atoms with van der Waals surface area (Å²) in [4.78, 5) is 29.2. The largest absolute Gasteiger partial charge is 0.445 e. The highest BCUT2D eigenvalue weighted by atomic mass is 127. The number of H-pyrrole nitrogens is 1. The van der Waals surface area contributed by atoms with Gasteiger partial charge in [-0.2, -0.15) is 0 Å². The Bertz CT molecular complexity index is 1260. The molecule has 0 saturated carbocycles. The number of fused-ring (bicyclic) bond motifs is 1. The molecule has 34 heavy (non-hydrogen) atoms. The van der Waals surface area contributed by atoms with Crippen LogP contribution in [0.3, 0.4) is 0 Å². The maximum Gasteiger partial charge on any atom is 0.408 e. The number of carbonyl (C=O) groups is 2. The average Bonchev–Trinajstić information content (AvgIpc) is 3.27. The van der Waals surface area contributed by atoms with E-state index in [0.717, 1.165) is 31.2 Å². The van der Waals surface area contributed by atoms with Crippen LogP contribution in [0.2, 0.25) is 0 Å². The summed E-state index contributed by atoms with van der Waals surface area (Å²) in [5.41, 5.74) is 3.83. The molecule has 2 atom stereocenters. The predicted octanol–water partition coefficient (Wildman–Crippen LogP) is 5.49. The first-order chi connectivity index (χ1) is 16.5. The molecule has 0 aliphatic rings. The van der Waals surface area contributed by atoms with Crippen LogP contribution < -0.4 is 10.6 Å². The third-order valence-corrected chi connectivity index (χ3v) is 6.55. The number of alkyl carbamates (subject to hydrolysis) is 1. The number of hydrogen-bond donors (Lipinski definition) is 3. The van der Waals surface area contributed by atoms with Crippen LogP contribution in [-0.2, 0) is 22.6 Å². The number of aromatic nitrogens is 1. The van der Waals surface area contributed by atoms with Gasteiger partial charge in [0.2, 0.25) is 5.91 Å². The van der Waals surface area contributed by atoms with Crippen molar-refractivity contribution in [3.63, 3.8) is 0 Å². The van der Waals surface area contributed by atoms with Crippen molar-refractivity contribution in [1.82, 2.24) is 15.6 Å². The van der Waals surface area contributed by atoms with Crippen molar-refractivity contribution in [1.29, 1.82) is 0 Å². The lowest BCUT2D eigenvalue weighted by atomic mass is 10.0. The van der Waals surface area contributed by atoms with Crippen LogP contribution in [0.5, 0.6) is 0 Å². The maximum atomic E-state index is 13.3. The van der Waals surface area contributed by atoms with Crippen LogP contribution in [0.15, 0.2) is 85.1 Å². The molecule has 3 aromatic carbocycles. The molecular formula is C27H26IN3O3. The predicted molar refractivity (Wildman–Crippen MR) is 141 cm³/mol. The second kappa shape index (κ2) is 11.2. The molecule has 0 unspecified atom stereocenters. The Morgan fingerprint density at radius 3 is 2.38 bits per heavy atom. The van der Waals surface area contributed by atoms with E-state index < -0.39 is 12.1 Å². The van der Waals surface area contributed by atoms with E-state index in [-0.39, 0.29) is 18.6 Å². The average molecular weight is 567 g/mol. The summed E-state index contributed by atoms with van der Waals surface area (Å²) in [5, 5.41) is 6.83. The number of benzene rings is 3. The Kier molecular flexibility index (Phi) is 7.84. The highest BCUT2D eigenvalue weighted by Gasteiger charge is 2.25. The van der Waals surface area contributed by atoms with Gasteiger partial charge in [0.15, 0.2) is 0 Å². The zero-order valence-corrected chi connectivity index (χ0v) is 20.9. The molecule has 3 N–H and O–H groups in total. The minimum Gasteiger partial charge on any atom is -0.445 e. The summed E-state index contributed by atoms with van der Waals surface area (Å²) < 4.78 is 6.48. The number of nitrogens with one attached hydrogen (secondary N) is 3. The van der Waals surface area contributed by atoms with Crippen molar-refractivity contribution in [3.8, 4) is 0 Å². The van der Waals surface area contributed by atoms with Crippen molar-refractivity contribution >= 4 is 45.5 Å². The third-order valence-electron chi connectivity index (χ3n) is 5.65. The highest BCUT2D eigenvalue weighted by molar-refractivity contribution is 14.1. The number of carbonyl (C=O) groups excluding carboxylic acids is 2. The topological polar surface area (TPSA) is 83.2 Å². The third kappa shape index (κ3) is 5.96. The number of halogens is 1. The molecule has 0 bridgehead atoms. The first kappa shape index (κ1) is 23.8. The van der Waals surface area contributed by atoms with E-state index in [4.69, 9.17) is 4.74 Å². The Morgan fingerprint density at radius 1 is 0.941 bits per heavy atom. The zero-order chi connectivity index (χ0) is 23.9. The second-order valence-corrected chi connectivity index (χ2v) is 9.24. The minimum atomic E-state index is -0.800. The molecule has 0 aliphatic heterocycles. The van der Waals surface area contributed by atoms with Gasteiger partial charge >= 0.3 is 6.09 Å². The van der Waals surface area contributed by atoms with Crippen molar-refractivity contribution in [3.05, 3.63) is 105 Å². The van der Waals surface area contributed by atoms with Crippen LogP contribution in [0.25, 0.3) is 10.9 Å². The van der Waals surface area contributed by atoms with Gasteiger partial charge in [0, 0.05) is 21.6 Å². The van der Waals surface area contributed by atoms with Crippen LogP contribution in [0.4, 0.5) is 4.79 Å². The molecule has 0 spiro atoms. The Morgan fingerprint density at radius 2 is 1.65 bits per heavy atom. The van der Waals surface area contributed by atoms with E-state index in [0.29, 0.717) is 6.42 Å². The molecule has 1 heterocycles. The zero-order valence-electron chi connectivity index (χ0n) is 18.8. The van der Waals surface area contributed by atoms with Gasteiger partial charge in [-0.15, -0.1) is 0 Å². The van der Waals surface area contributed by atoms with Crippen LogP contribution in [-0.4, -0.2) is 23.0 Å². The molecule has 6 nitrogen and oxygen atoms in total. The van der Waals surface area contributed by atoms with Gasteiger partial charge in [-0.25, -0.2) is 4.79 Å². The van der Waals surface area contributed by atoms with Gasteiger partial charge in [-0.05, 0) is 52.3 Å². The molecule has 0 saturated heterocycles. The van der Waals surface area contributed by atoms with Crippen molar-refractivity contribution in [2.45, 2.75) is 32.0 Å². The number of amides is 2. The number of para-hydroxylation sites is 1. The van der Waals surface area contributed by atoms with Crippen LogP contribution in [0.1, 0.15) is 29.7 Å². The molecule has 0 aliphatic carbocycles. The monoisotopic (exact) mass is 567 g/mol. The molecule has 4 aromatic rings. The van der Waals surface area contributed by atoms with Crippen LogP contribution >= 0.6 is 22.6 Å². The first-order valence-electron chi connectivity index (χ1n) is 11.1. The van der Waals surface area contributed by atoms with E-state index >= 15 is 0 Å². The van der Waals surface area contributed by atoms with Gasteiger partial charge in [-0.1, -0.05) is 72.8 Å². The summed E-state index contributed by atoms with van der Waals surface area (Å²) in [6, 6.07) is 24.2. The Hall–Kier alpha value is -3.33. The lowest BCUT2D eigenvalue weighted by Crippen LogP contribution is -2.48. The first-order valence-corrected chi connectivity index (χ1v) is 12.2. The van der Waals surface area contributed by atoms with Crippen molar-refractivity contribution < 1.29 is 14.3 Å². The van der Waals surface area contributed by atoms with Crippen molar-refractivity contribution in [2.75, 3.05) is 0 Å². The van der Waals surface area contributed by atoms with E-state index in [2.05, 4.69) is 38.2 Å². The van der Waals surface area contributed by atoms with E-state index in [1.807, 2.05) is 92.0 Å². The van der Waals surface area contributed by atoms with E-state index in [1.54, 1.807) is 0 Å². The Labute approximate surface area is 212 Å². The lowest BCUT2D eigenvalue weighted by Gasteiger charge is -2.21. The molecule has 0 radical (unpaired) electrons. The summed E-state index contributed by atoms with van der Waals surface area (Å²) in [6.07, 6.45) is 1.59. The smallest absolute Gasteiger partial charge is 0.408 e. The molecule has 174 valence electrons. The number of hydrogen-bond acceptors (Lipinski definition) is 3. The normalized spacial score (nSPS) is 12.6. The number of rotatable bonds is 8. The number of ether oxygens (including phenoxy) is 1. The van der Waals surface area contributed by atoms with Crippen molar-refractivity contribution in [2.24, 2.45) is 0 Å². The number of aromatic amines is 1. The standard InChI is InChI=1S/C27H26IN3O3/c1-18(20-11-6-3-7-12-20)30-26(32)24(31-27(33)34-17-19-9-4-2-5-10-19)15-21-16-29-25-22(21)13-8-14-23(25)28/h2-14,16,18,24,29H,15,17H2,1H3,(H,30,32)(H,31,33)/t18-,24-/m1/s1. The second-order valence-electron chi connectivity index (χ2n) is 8.08. The van der Waals surface area contributed by atoms with Crippen LogP contribution in [0, 0.1) is 3.57 Å². The highest BCUT2D eigenvalue weighted by Crippen LogP contribution is 2.24. The summed E-state index contributed by atoms with van der Waals surface area (Å²) in [5.74, 6) is -0.270. The van der Waals surface area contributed by atoms with Gasteiger partial charge in [-0.3, -0.25) is 4.79 Å². The molecule has 2 amide bonds. The molecule has 1 aromatic heterocycles. The summed E-state index contributed by atoms with van der Waals surface area (Å²) in [7, 11) is 0.